The molecular weight excluding hydrogens is 334 g/mol. The van der Waals surface area contributed by atoms with E-state index < -0.39 is 11.2 Å². The zero-order valence-corrected chi connectivity index (χ0v) is 12.2. The highest BCUT2D eigenvalue weighted by Gasteiger charge is 2.01. The van der Waals surface area contributed by atoms with Gasteiger partial charge in [-0.3, -0.25) is 14.3 Å². The predicted octanol–water partition coefficient (Wildman–Crippen LogP) is 2.06. The maximum Gasteiger partial charge on any atom is 0.328 e. The quantitative estimate of drug-likeness (QED) is 0.892. The van der Waals surface area contributed by atoms with Crippen molar-refractivity contribution in [2.45, 2.75) is 6.54 Å². The Kier molecular flexibility index (Phi) is 4.44. The molecule has 5 nitrogen and oxygen atoms in total. The molecule has 0 unspecified atom stereocenters. The molecule has 0 radical (unpaired) electrons. The number of anilines is 1. The molecule has 0 amide bonds. The molecule has 100 valence electrons. The van der Waals surface area contributed by atoms with E-state index in [1.807, 2.05) is 24.3 Å². The normalized spacial score (nSPS) is 10.4. The van der Waals surface area contributed by atoms with Crippen molar-refractivity contribution in [3.63, 3.8) is 0 Å². The van der Waals surface area contributed by atoms with E-state index in [2.05, 4.69) is 26.2 Å². The molecule has 0 aliphatic heterocycles. The van der Waals surface area contributed by atoms with Gasteiger partial charge in [0.2, 0.25) is 0 Å². The van der Waals surface area contributed by atoms with E-state index in [4.69, 9.17) is 11.6 Å². The van der Waals surface area contributed by atoms with Gasteiger partial charge < -0.3 is 5.32 Å². The number of hydrogen-bond acceptors (Lipinski definition) is 3. The SMILES string of the molecule is O=c1[nH]c(=O)n(CCNc2cccc(Br)c2)cc1Cl. The van der Waals surface area contributed by atoms with Gasteiger partial charge >= 0.3 is 5.69 Å². The van der Waals surface area contributed by atoms with E-state index in [1.54, 1.807) is 0 Å². The fourth-order valence-electron chi connectivity index (χ4n) is 1.57. The topological polar surface area (TPSA) is 66.9 Å². The molecule has 1 aromatic carbocycles. The Morgan fingerprint density at radius 2 is 2.16 bits per heavy atom. The predicted molar refractivity (Wildman–Crippen MR) is 79.0 cm³/mol. The van der Waals surface area contributed by atoms with Crippen LogP contribution in [0.5, 0.6) is 0 Å². The summed E-state index contributed by atoms with van der Waals surface area (Å²) in [5.41, 5.74) is -0.0914. The molecule has 0 saturated heterocycles. The summed E-state index contributed by atoms with van der Waals surface area (Å²) in [4.78, 5) is 24.8. The zero-order valence-electron chi connectivity index (χ0n) is 9.82. The van der Waals surface area contributed by atoms with Crippen molar-refractivity contribution in [1.29, 1.82) is 0 Å². The van der Waals surface area contributed by atoms with Gasteiger partial charge in [0.15, 0.2) is 0 Å². The fourth-order valence-corrected chi connectivity index (χ4v) is 2.13. The van der Waals surface area contributed by atoms with Crippen LogP contribution in [0, 0.1) is 0 Å². The average molecular weight is 345 g/mol. The molecule has 0 fully saturated rings. The van der Waals surface area contributed by atoms with Gasteiger partial charge in [-0.15, -0.1) is 0 Å². The largest absolute Gasteiger partial charge is 0.383 e. The van der Waals surface area contributed by atoms with Crippen LogP contribution in [0.25, 0.3) is 0 Å². The summed E-state index contributed by atoms with van der Waals surface area (Å²) in [7, 11) is 0. The Bertz CT molecular complexity index is 696. The molecule has 0 atom stereocenters. The Balaban J connectivity index is 2.02. The van der Waals surface area contributed by atoms with Crippen molar-refractivity contribution in [3.8, 4) is 0 Å². The van der Waals surface area contributed by atoms with E-state index in [1.165, 1.54) is 10.8 Å². The first-order chi connectivity index (χ1) is 9.06. The Labute approximate surface area is 122 Å². The Hall–Kier alpha value is -1.53. The molecule has 0 saturated carbocycles. The average Bonchev–Trinajstić information content (AvgIpc) is 2.35. The van der Waals surface area contributed by atoms with Crippen LogP contribution in [0.15, 0.2) is 44.5 Å². The van der Waals surface area contributed by atoms with Crippen LogP contribution in [0.1, 0.15) is 0 Å². The van der Waals surface area contributed by atoms with Gasteiger partial charge in [-0.25, -0.2) is 4.79 Å². The molecule has 2 aromatic rings. The number of nitrogens with one attached hydrogen (secondary N) is 2. The van der Waals surface area contributed by atoms with Gasteiger partial charge in [0.05, 0.1) is 0 Å². The zero-order chi connectivity index (χ0) is 13.8. The minimum absolute atomic E-state index is 0.00190. The number of halogens is 2. The second-order valence-electron chi connectivity index (χ2n) is 3.87. The van der Waals surface area contributed by atoms with Crippen LogP contribution in [-0.4, -0.2) is 16.1 Å². The van der Waals surface area contributed by atoms with E-state index in [0.29, 0.717) is 13.1 Å². The van der Waals surface area contributed by atoms with Gasteiger partial charge in [0.1, 0.15) is 5.02 Å². The van der Waals surface area contributed by atoms with Crippen LogP contribution in [0.4, 0.5) is 5.69 Å². The first-order valence-electron chi connectivity index (χ1n) is 5.55. The third-order valence-electron chi connectivity index (χ3n) is 2.47. The van der Waals surface area contributed by atoms with Crippen LogP contribution in [0.3, 0.4) is 0 Å². The number of aromatic nitrogens is 2. The second kappa shape index (κ2) is 6.08. The van der Waals surface area contributed by atoms with Crippen LogP contribution in [-0.2, 0) is 6.54 Å². The summed E-state index contributed by atoms with van der Waals surface area (Å²) in [5, 5.41) is 3.17. The smallest absolute Gasteiger partial charge is 0.328 e. The first-order valence-corrected chi connectivity index (χ1v) is 6.72. The maximum atomic E-state index is 11.5. The van der Waals surface area contributed by atoms with Crippen molar-refractivity contribution in [2.24, 2.45) is 0 Å². The molecular formula is C12H11BrClN3O2. The Morgan fingerprint density at radius 3 is 2.89 bits per heavy atom. The van der Waals surface area contributed by atoms with Gasteiger partial charge in [0, 0.05) is 29.4 Å². The first kappa shape index (κ1) is 13.9. The summed E-state index contributed by atoms with van der Waals surface area (Å²) >= 11 is 9.05. The lowest BCUT2D eigenvalue weighted by Gasteiger charge is -2.08. The molecule has 0 spiro atoms. The number of hydrogen-bond donors (Lipinski definition) is 2. The summed E-state index contributed by atoms with van der Waals surface area (Å²) in [6.07, 6.45) is 1.34. The van der Waals surface area contributed by atoms with E-state index in [-0.39, 0.29) is 5.02 Å². The van der Waals surface area contributed by atoms with Crippen molar-refractivity contribution < 1.29 is 0 Å². The van der Waals surface area contributed by atoms with Crippen molar-refractivity contribution in [1.82, 2.24) is 9.55 Å². The molecule has 19 heavy (non-hydrogen) atoms. The number of benzene rings is 1. The van der Waals surface area contributed by atoms with Gasteiger partial charge in [-0.2, -0.15) is 0 Å². The molecule has 0 bridgehead atoms. The highest BCUT2D eigenvalue weighted by molar-refractivity contribution is 9.10. The van der Waals surface area contributed by atoms with Crippen molar-refractivity contribution in [2.75, 3.05) is 11.9 Å². The van der Waals surface area contributed by atoms with E-state index >= 15 is 0 Å². The second-order valence-corrected chi connectivity index (χ2v) is 5.19. The van der Waals surface area contributed by atoms with Gasteiger partial charge in [0.25, 0.3) is 5.56 Å². The lowest BCUT2D eigenvalue weighted by molar-refractivity contribution is 0.669. The number of nitrogens with zero attached hydrogens (tertiary/aromatic N) is 1. The molecule has 1 heterocycles. The number of H-pyrrole nitrogens is 1. The lowest BCUT2D eigenvalue weighted by atomic mass is 10.3. The Morgan fingerprint density at radius 1 is 1.37 bits per heavy atom. The van der Waals surface area contributed by atoms with E-state index in [9.17, 15) is 9.59 Å². The minimum Gasteiger partial charge on any atom is -0.383 e. The van der Waals surface area contributed by atoms with Crippen LogP contribution >= 0.6 is 27.5 Å². The molecule has 2 N–H and O–H groups in total. The number of aromatic amines is 1. The highest BCUT2D eigenvalue weighted by atomic mass is 79.9. The molecule has 0 aliphatic rings. The summed E-state index contributed by atoms with van der Waals surface area (Å²) < 4.78 is 2.33. The summed E-state index contributed by atoms with van der Waals surface area (Å²) in [5.74, 6) is 0. The third kappa shape index (κ3) is 3.71. The number of rotatable bonds is 4. The van der Waals surface area contributed by atoms with Crippen molar-refractivity contribution >= 4 is 33.2 Å². The van der Waals surface area contributed by atoms with Crippen LogP contribution < -0.4 is 16.6 Å². The molecule has 1 aromatic heterocycles. The van der Waals surface area contributed by atoms with Crippen LogP contribution in [0.2, 0.25) is 5.02 Å². The third-order valence-corrected chi connectivity index (χ3v) is 3.24. The highest BCUT2D eigenvalue weighted by Crippen LogP contribution is 2.15. The summed E-state index contributed by atoms with van der Waals surface area (Å²) in [6.45, 7) is 0.945. The molecule has 0 aliphatic carbocycles. The molecule has 2 rings (SSSR count). The summed E-state index contributed by atoms with van der Waals surface area (Å²) in [6, 6.07) is 7.70. The van der Waals surface area contributed by atoms with Gasteiger partial charge in [-0.05, 0) is 18.2 Å². The standard InChI is InChI=1S/C12H11BrClN3O2/c13-8-2-1-3-9(6-8)15-4-5-17-7-10(14)11(18)16-12(17)19/h1-3,6-7,15H,4-5H2,(H,16,18,19). The fraction of sp³-hybridized carbons (Fsp3) is 0.167. The van der Waals surface area contributed by atoms with E-state index in [0.717, 1.165) is 10.2 Å². The van der Waals surface area contributed by atoms with Crippen molar-refractivity contribution in [3.05, 3.63) is 60.8 Å². The monoisotopic (exact) mass is 343 g/mol. The maximum absolute atomic E-state index is 11.5. The lowest BCUT2D eigenvalue weighted by Crippen LogP contribution is -2.31. The molecule has 7 heteroatoms. The minimum atomic E-state index is -0.567. The van der Waals surface area contributed by atoms with Gasteiger partial charge in [-0.1, -0.05) is 33.6 Å².